The first-order valence-electron chi connectivity index (χ1n) is 7.03. The fourth-order valence-electron chi connectivity index (χ4n) is 2.10. The van der Waals surface area contributed by atoms with Crippen molar-refractivity contribution in [3.05, 3.63) is 39.4 Å². The van der Waals surface area contributed by atoms with E-state index in [1.807, 2.05) is 6.92 Å². The molecule has 0 saturated heterocycles. The Kier molecular flexibility index (Phi) is 5.32. The molecule has 23 heavy (non-hydrogen) atoms. The lowest BCUT2D eigenvalue weighted by Gasteiger charge is -2.18. The number of halogens is 1. The number of amides is 1. The number of hydrogen-bond donors (Lipinski definition) is 0. The summed E-state index contributed by atoms with van der Waals surface area (Å²) in [5.41, 5.74) is 0.684. The average molecular weight is 341 g/mol. The number of nitrogens with zero attached hydrogens (tertiary/aromatic N) is 6. The summed E-state index contributed by atoms with van der Waals surface area (Å²) < 4.78 is 3.12. The molecule has 2 heterocycles. The van der Waals surface area contributed by atoms with Crippen LogP contribution in [-0.2, 0) is 24.4 Å². The van der Waals surface area contributed by atoms with E-state index < -0.39 is 4.92 Å². The molecule has 0 aliphatic heterocycles. The molecule has 2 rings (SSSR count). The van der Waals surface area contributed by atoms with E-state index >= 15 is 0 Å². The van der Waals surface area contributed by atoms with Gasteiger partial charge >= 0.3 is 5.69 Å². The lowest BCUT2D eigenvalue weighted by atomic mass is 10.3. The standard InChI is InChI=1S/C13H17ClN6O3/c1-3-19-12(11(14)7-16-19)9-17(2)13(21)4-5-18-8-10(6-15-18)20(22)23/h6-8H,3-5,9H2,1-2H3. The van der Waals surface area contributed by atoms with Crippen molar-refractivity contribution in [1.82, 2.24) is 24.5 Å². The van der Waals surface area contributed by atoms with Crippen LogP contribution in [0.2, 0.25) is 5.02 Å². The van der Waals surface area contributed by atoms with Gasteiger partial charge in [0, 0.05) is 26.6 Å². The number of carbonyl (C=O) groups excluding carboxylic acids is 1. The topological polar surface area (TPSA) is 99.1 Å². The number of rotatable bonds is 7. The van der Waals surface area contributed by atoms with Crippen LogP contribution in [0, 0.1) is 10.1 Å². The minimum absolute atomic E-state index is 0.0931. The molecule has 0 spiro atoms. The van der Waals surface area contributed by atoms with Gasteiger partial charge in [-0.2, -0.15) is 10.2 Å². The molecule has 1 amide bonds. The molecular formula is C13H17ClN6O3. The zero-order chi connectivity index (χ0) is 17.0. The molecular weight excluding hydrogens is 324 g/mol. The summed E-state index contributed by atoms with van der Waals surface area (Å²) in [6, 6.07) is 0. The van der Waals surface area contributed by atoms with Crippen LogP contribution in [0.15, 0.2) is 18.6 Å². The van der Waals surface area contributed by atoms with Gasteiger partial charge in [-0.05, 0) is 6.92 Å². The second kappa shape index (κ2) is 7.23. The number of aryl methyl sites for hydroxylation is 2. The first-order valence-corrected chi connectivity index (χ1v) is 7.41. The third kappa shape index (κ3) is 4.07. The third-order valence-corrected chi connectivity index (χ3v) is 3.71. The van der Waals surface area contributed by atoms with Gasteiger partial charge in [-0.1, -0.05) is 11.6 Å². The molecule has 0 saturated carbocycles. The largest absolute Gasteiger partial charge is 0.340 e. The van der Waals surface area contributed by atoms with Crippen LogP contribution in [0.3, 0.4) is 0 Å². The molecule has 0 aromatic carbocycles. The zero-order valence-corrected chi connectivity index (χ0v) is 13.6. The smallest absolute Gasteiger partial charge is 0.306 e. The minimum Gasteiger partial charge on any atom is -0.340 e. The Morgan fingerprint density at radius 1 is 1.43 bits per heavy atom. The van der Waals surface area contributed by atoms with Crippen molar-refractivity contribution in [1.29, 1.82) is 0 Å². The Bertz CT molecular complexity index is 710. The monoisotopic (exact) mass is 340 g/mol. The molecule has 124 valence electrons. The van der Waals surface area contributed by atoms with E-state index in [1.165, 1.54) is 10.9 Å². The van der Waals surface area contributed by atoms with E-state index in [0.717, 1.165) is 11.9 Å². The molecule has 0 atom stereocenters. The summed E-state index contributed by atoms with van der Waals surface area (Å²) in [4.78, 5) is 23.8. The van der Waals surface area contributed by atoms with Gasteiger partial charge in [0.2, 0.25) is 5.91 Å². The third-order valence-electron chi connectivity index (χ3n) is 3.40. The highest BCUT2D eigenvalue weighted by atomic mass is 35.5. The summed E-state index contributed by atoms with van der Waals surface area (Å²) in [7, 11) is 1.68. The van der Waals surface area contributed by atoms with Crippen molar-refractivity contribution in [3.8, 4) is 0 Å². The number of aromatic nitrogens is 4. The first-order chi connectivity index (χ1) is 10.9. The van der Waals surface area contributed by atoms with Crippen LogP contribution >= 0.6 is 11.6 Å². The van der Waals surface area contributed by atoms with Gasteiger partial charge in [-0.15, -0.1) is 0 Å². The SMILES string of the molecule is CCn1ncc(Cl)c1CN(C)C(=O)CCn1cc([N+](=O)[O-])cn1. The van der Waals surface area contributed by atoms with E-state index in [1.54, 1.807) is 22.8 Å². The van der Waals surface area contributed by atoms with Gasteiger partial charge in [0.05, 0.1) is 28.4 Å². The molecule has 0 aliphatic carbocycles. The van der Waals surface area contributed by atoms with Crippen LogP contribution in [0.1, 0.15) is 19.0 Å². The molecule has 0 radical (unpaired) electrons. The lowest BCUT2D eigenvalue weighted by molar-refractivity contribution is -0.385. The highest BCUT2D eigenvalue weighted by Crippen LogP contribution is 2.17. The predicted octanol–water partition coefficient (Wildman–Crippen LogP) is 1.71. The Labute approximate surface area is 137 Å². The maximum Gasteiger partial charge on any atom is 0.306 e. The molecule has 0 N–H and O–H groups in total. The quantitative estimate of drug-likeness (QED) is 0.564. The molecule has 10 heteroatoms. The van der Waals surface area contributed by atoms with E-state index in [0.29, 0.717) is 18.1 Å². The summed E-state index contributed by atoms with van der Waals surface area (Å²) in [5.74, 6) is -0.108. The van der Waals surface area contributed by atoms with Crippen molar-refractivity contribution in [2.45, 2.75) is 33.0 Å². The Morgan fingerprint density at radius 3 is 2.78 bits per heavy atom. The normalized spacial score (nSPS) is 10.7. The summed E-state index contributed by atoms with van der Waals surface area (Å²) in [5, 5.41) is 19.1. The maximum atomic E-state index is 12.2. The van der Waals surface area contributed by atoms with Crippen LogP contribution in [0.25, 0.3) is 0 Å². The van der Waals surface area contributed by atoms with Crippen LogP contribution in [0.4, 0.5) is 5.69 Å². The average Bonchev–Trinajstić information content (AvgIpc) is 3.12. The number of hydrogen-bond acceptors (Lipinski definition) is 5. The van der Waals surface area contributed by atoms with Crippen LogP contribution in [0.5, 0.6) is 0 Å². The Hall–Kier alpha value is -2.42. The van der Waals surface area contributed by atoms with E-state index in [2.05, 4.69) is 10.2 Å². The Balaban J connectivity index is 1.92. The Morgan fingerprint density at radius 2 is 2.17 bits per heavy atom. The molecule has 2 aromatic rings. The van der Waals surface area contributed by atoms with E-state index in [4.69, 9.17) is 11.6 Å². The molecule has 0 bridgehead atoms. The van der Waals surface area contributed by atoms with Gasteiger partial charge in [0.1, 0.15) is 12.4 Å². The summed E-state index contributed by atoms with van der Waals surface area (Å²) in [6.07, 6.45) is 4.21. The molecule has 2 aromatic heterocycles. The van der Waals surface area contributed by atoms with Crippen molar-refractivity contribution in [3.63, 3.8) is 0 Å². The summed E-state index contributed by atoms with van der Waals surface area (Å²) in [6.45, 7) is 3.24. The molecule has 0 aliphatic rings. The first kappa shape index (κ1) is 16.9. The maximum absolute atomic E-state index is 12.2. The van der Waals surface area contributed by atoms with Crippen molar-refractivity contribution in [2.75, 3.05) is 7.05 Å². The second-order valence-corrected chi connectivity index (χ2v) is 5.38. The number of nitro groups is 1. The fraction of sp³-hybridized carbons (Fsp3) is 0.462. The molecule has 9 nitrogen and oxygen atoms in total. The van der Waals surface area contributed by atoms with Crippen molar-refractivity contribution >= 4 is 23.2 Å². The van der Waals surface area contributed by atoms with Gasteiger partial charge < -0.3 is 4.90 Å². The fourth-order valence-corrected chi connectivity index (χ4v) is 2.30. The van der Waals surface area contributed by atoms with E-state index in [9.17, 15) is 14.9 Å². The van der Waals surface area contributed by atoms with Gasteiger partial charge in [0.25, 0.3) is 0 Å². The highest BCUT2D eigenvalue weighted by molar-refractivity contribution is 6.31. The van der Waals surface area contributed by atoms with Crippen molar-refractivity contribution < 1.29 is 9.72 Å². The van der Waals surface area contributed by atoms with E-state index in [-0.39, 0.29) is 24.6 Å². The number of carbonyl (C=O) groups is 1. The second-order valence-electron chi connectivity index (χ2n) is 4.97. The van der Waals surface area contributed by atoms with Crippen LogP contribution in [-0.4, -0.2) is 42.3 Å². The predicted molar refractivity (Wildman–Crippen MR) is 82.9 cm³/mol. The van der Waals surface area contributed by atoms with Crippen molar-refractivity contribution in [2.24, 2.45) is 0 Å². The van der Waals surface area contributed by atoms with Crippen LogP contribution < -0.4 is 0 Å². The lowest BCUT2D eigenvalue weighted by Crippen LogP contribution is -2.28. The van der Waals surface area contributed by atoms with Gasteiger partial charge in [-0.3, -0.25) is 24.3 Å². The minimum atomic E-state index is -0.522. The molecule has 0 fully saturated rings. The zero-order valence-electron chi connectivity index (χ0n) is 12.8. The highest BCUT2D eigenvalue weighted by Gasteiger charge is 2.16. The summed E-state index contributed by atoms with van der Waals surface area (Å²) >= 11 is 6.08. The molecule has 0 unspecified atom stereocenters. The van der Waals surface area contributed by atoms with Gasteiger partial charge in [0.15, 0.2) is 0 Å². The van der Waals surface area contributed by atoms with Gasteiger partial charge in [-0.25, -0.2) is 0 Å².